The monoisotopic (exact) mass is 334 g/mol. The van der Waals surface area contributed by atoms with E-state index in [4.69, 9.17) is 0 Å². The molecule has 0 saturated heterocycles. The van der Waals surface area contributed by atoms with Gasteiger partial charge in [0.2, 0.25) is 0 Å². The van der Waals surface area contributed by atoms with Gasteiger partial charge < -0.3 is 0 Å². The summed E-state index contributed by atoms with van der Waals surface area (Å²) in [6.07, 6.45) is 0. The van der Waals surface area contributed by atoms with E-state index in [9.17, 15) is 0 Å². The van der Waals surface area contributed by atoms with Crippen molar-refractivity contribution in [1.82, 2.24) is 0 Å². The molecule has 2 aliphatic carbocycles. The van der Waals surface area contributed by atoms with Gasteiger partial charge in [-0.05, 0) is 61.0 Å². The topological polar surface area (TPSA) is 0 Å². The van der Waals surface area contributed by atoms with E-state index in [1.165, 1.54) is 54.9 Å². The van der Waals surface area contributed by atoms with E-state index in [0.29, 0.717) is 0 Å². The number of hydrogen-bond acceptors (Lipinski definition) is 0. The van der Waals surface area contributed by atoms with Crippen LogP contribution in [-0.4, -0.2) is 0 Å². The minimum absolute atomic E-state index is 0.0217. The highest BCUT2D eigenvalue weighted by Gasteiger charge is 2.41. The van der Waals surface area contributed by atoms with E-state index in [1.54, 1.807) is 0 Å². The highest BCUT2D eigenvalue weighted by Crippen LogP contribution is 2.58. The van der Waals surface area contributed by atoms with Crippen LogP contribution in [0.4, 0.5) is 0 Å². The molecule has 26 heavy (non-hydrogen) atoms. The molecule has 0 nitrogen and oxygen atoms in total. The molecule has 0 heteroatoms. The Morgan fingerprint density at radius 2 is 0.923 bits per heavy atom. The maximum Gasteiger partial charge on any atom is 0.0159 e. The van der Waals surface area contributed by atoms with E-state index >= 15 is 0 Å². The van der Waals surface area contributed by atoms with Crippen molar-refractivity contribution in [3.63, 3.8) is 0 Å². The van der Waals surface area contributed by atoms with E-state index in [0.717, 1.165) is 0 Å². The predicted octanol–water partition coefficient (Wildman–Crippen LogP) is 6.94. The van der Waals surface area contributed by atoms with Gasteiger partial charge in [0, 0.05) is 10.8 Å². The van der Waals surface area contributed by atoms with Gasteiger partial charge in [0.1, 0.15) is 0 Å². The first kappa shape index (κ1) is 14.6. The Kier molecular flexibility index (Phi) is 2.35. The zero-order valence-corrected chi connectivity index (χ0v) is 15.8. The molecule has 2 aliphatic rings. The summed E-state index contributed by atoms with van der Waals surface area (Å²) in [6.45, 7) is 9.55. The quantitative estimate of drug-likeness (QED) is 0.306. The van der Waals surface area contributed by atoms with Crippen LogP contribution in [0, 0.1) is 0 Å². The highest BCUT2D eigenvalue weighted by atomic mass is 14.4. The molecule has 4 aromatic carbocycles. The lowest BCUT2D eigenvalue weighted by Gasteiger charge is -2.43. The third kappa shape index (κ3) is 1.41. The summed E-state index contributed by atoms with van der Waals surface area (Å²) in [6, 6.07) is 23.0. The number of benzene rings is 4. The molecule has 0 radical (unpaired) electrons. The Bertz CT molecular complexity index is 1180. The first-order valence-corrected chi connectivity index (χ1v) is 9.56. The van der Waals surface area contributed by atoms with Crippen molar-refractivity contribution in [2.24, 2.45) is 0 Å². The third-order valence-electron chi connectivity index (χ3n) is 7.01. The van der Waals surface area contributed by atoms with Crippen molar-refractivity contribution in [3.8, 4) is 11.1 Å². The van der Waals surface area contributed by atoms with Crippen LogP contribution in [0.2, 0.25) is 0 Å². The van der Waals surface area contributed by atoms with Crippen LogP contribution >= 0.6 is 0 Å². The molecule has 0 atom stereocenters. The second-order valence-electron chi connectivity index (χ2n) is 9.04. The van der Waals surface area contributed by atoms with Crippen LogP contribution in [0.3, 0.4) is 0 Å². The molecule has 0 heterocycles. The van der Waals surface area contributed by atoms with Gasteiger partial charge in [0.15, 0.2) is 0 Å². The summed E-state index contributed by atoms with van der Waals surface area (Å²) in [7, 11) is 0. The second kappa shape index (κ2) is 4.20. The maximum absolute atomic E-state index is 2.40. The van der Waals surface area contributed by atoms with Crippen molar-refractivity contribution in [2.75, 3.05) is 0 Å². The van der Waals surface area contributed by atoms with Crippen LogP contribution in [0.5, 0.6) is 0 Å². The van der Waals surface area contributed by atoms with Gasteiger partial charge in [-0.15, -0.1) is 0 Å². The van der Waals surface area contributed by atoms with Gasteiger partial charge in [0.25, 0.3) is 0 Å². The average Bonchev–Trinajstić information content (AvgIpc) is 2.63. The molecule has 0 aromatic heterocycles. The Labute approximate surface area is 154 Å². The van der Waals surface area contributed by atoms with Crippen molar-refractivity contribution in [3.05, 3.63) is 82.9 Å². The third-order valence-corrected chi connectivity index (χ3v) is 7.01. The summed E-state index contributed by atoms with van der Waals surface area (Å²) in [5.74, 6) is 0. The minimum Gasteiger partial charge on any atom is -0.0616 e. The zero-order valence-electron chi connectivity index (χ0n) is 15.8. The normalized spacial score (nSPS) is 17.8. The smallest absolute Gasteiger partial charge is 0.0159 e. The maximum atomic E-state index is 2.40. The molecule has 0 bridgehead atoms. The van der Waals surface area contributed by atoms with Gasteiger partial charge >= 0.3 is 0 Å². The van der Waals surface area contributed by atoms with Gasteiger partial charge in [-0.25, -0.2) is 0 Å². The van der Waals surface area contributed by atoms with Gasteiger partial charge in [0.05, 0.1) is 0 Å². The average molecular weight is 334 g/mol. The first-order chi connectivity index (χ1) is 12.4. The molecule has 0 fully saturated rings. The Morgan fingerprint density at radius 1 is 0.500 bits per heavy atom. The molecular formula is C26H22. The van der Waals surface area contributed by atoms with Crippen molar-refractivity contribution < 1.29 is 0 Å². The molecule has 0 saturated carbocycles. The minimum atomic E-state index is 0.0217. The van der Waals surface area contributed by atoms with E-state index in [1.807, 2.05) is 0 Å². The second-order valence-corrected chi connectivity index (χ2v) is 9.04. The molecule has 0 aliphatic heterocycles. The summed E-state index contributed by atoms with van der Waals surface area (Å²) in [5, 5.41) is 5.67. The van der Waals surface area contributed by atoms with E-state index < -0.39 is 0 Å². The van der Waals surface area contributed by atoms with Crippen molar-refractivity contribution in [1.29, 1.82) is 0 Å². The Balaban J connectivity index is 2.05. The Hall–Kier alpha value is -2.60. The lowest BCUT2D eigenvalue weighted by molar-refractivity contribution is 0.619. The fourth-order valence-electron chi connectivity index (χ4n) is 5.68. The molecular weight excluding hydrogens is 312 g/mol. The highest BCUT2D eigenvalue weighted by molar-refractivity contribution is 6.19. The summed E-state index contributed by atoms with van der Waals surface area (Å²) in [4.78, 5) is 0. The molecule has 6 rings (SSSR count). The lowest BCUT2D eigenvalue weighted by atomic mass is 9.60. The van der Waals surface area contributed by atoms with Crippen molar-refractivity contribution >= 4 is 21.5 Å². The van der Waals surface area contributed by atoms with Crippen molar-refractivity contribution in [2.45, 2.75) is 38.5 Å². The predicted molar refractivity (Wildman–Crippen MR) is 111 cm³/mol. The fraction of sp³-hybridized carbons (Fsp3) is 0.231. The van der Waals surface area contributed by atoms with Gasteiger partial charge in [-0.3, -0.25) is 0 Å². The standard InChI is InChI=1S/C26H22/c1-25(2)17-10-5-8-15-14-16-9-6-11-18-22(16)24(21(15)17)23-19(25)12-7-13-20(23)26(18,3)4/h5-14H,1-4H3. The van der Waals surface area contributed by atoms with Crippen LogP contribution in [0.25, 0.3) is 32.7 Å². The molecule has 0 unspecified atom stereocenters. The Morgan fingerprint density at radius 3 is 1.42 bits per heavy atom. The van der Waals surface area contributed by atoms with Gasteiger partial charge in [-0.1, -0.05) is 82.3 Å². The summed E-state index contributed by atoms with van der Waals surface area (Å²) in [5.41, 5.74) is 8.90. The van der Waals surface area contributed by atoms with Crippen LogP contribution < -0.4 is 0 Å². The molecule has 126 valence electrons. The molecule has 0 spiro atoms. The van der Waals surface area contributed by atoms with E-state index in [2.05, 4.69) is 88.4 Å². The number of rotatable bonds is 0. The van der Waals surface area contributed by atoms with Crippen LogP contribution in [-0.2, 0) is 10.8 Å². The summed E-state index contributed by atoms with van der Waals surface area (Å²) < 4.78 is 0. The number of hydrogen-bond donors (Lipinski definition) is 0. The zero-order chi connectivity index (χ0) is 17.8. The SMILES string of the molecule is CC1(C)c2cccc3c2-c2c4c1cccc4cc1cccc(c21)C3(C)C. The first-order valence-electron chi connectivity index (χ1n) is 9.56. The molecule has 0 amide bonds. The lowest BCUT2D eigenvalue weighted by Crippen LogP contribution is -2.30. The van der Waals surface area contributed by atoms with E-state index in [-0.39, 0.29) is 10.8 Å². The molecule has 4 aromatic rings. The fourth-order valence-corrected chi connectivity index (χ4v) is 5.68. The van der Waals surface area contributed by atoms with Gasteiger partial charge in [-0.2, -0.15) is 0 Å². The van der Waals surface area contributed by atoms with Crippen LogP contribution in [0.1, 0.15) is 49.9 Å². The molecule has 0 N–H and O–H groups in total. The van der Waals surface area contributed by atoms with Crippen LogP contribution in [0.15, 0.2) is 60.7 Å². The summed E-state index contributed by atoms with van der Waals surface area (Å²) >= 11 is 0. The largest absolute Gasteiger partial charge is 0.0616 e.